The van der Waals surface area contributed by atoms with Gasteiger partial charge in [-0.1, -0.05) is 30.7 Å². The maximum atomic E-state index is 13.1. The van der Waals surface area contributed by atoms with E-state index in [1.165, 1.54) is 30.5 Å². The lowest BCUT2D eigenvalue weighted by Gasteiger charge is -2.16. The molecular weight excluding hydrogens is 486 g/mol. The molecule has 1 aromatic heterocycles. The first-order chi connectivity index (χ1) is 17.4. The fraction of sp³-hybridized carbons (Fsp3) is 0.154. The van der Waals surface area contributed by atoms with Gasteiger partial charge in [-0.25, -0.2) is 9.69 Å². The standard InChI is InChI=1S/C26H22ClN3O6/c1-2-11-36-26(34)17-7-4-9-19(14-17)30-24(32)21(27)22(25(30)33)29-18-8-3-6-16(13-18)23(31)28-15-20-10-5-12-35-20/h3-10,12-14,29H,2,11,15H2,1H3,(H,28,31). The van der Waals surface area contributed by atoms with Crippen LogP contribution in [-0.2, 0) is 20.9 Å². The smallest absolute Gasteiger partial charge is 0.338 e. The van der Waals surface area contributed by atoms with Crippen LogP contribution in [0.5, 0.6) is 0 Å². The van der Waals surface area contributed by atoms with Crippen LogP contribution in [0.2, 0.25) is 0 Å². The van der Waals surface area contributed by atoms with Crippen LogP contribution in [-0.4, -0.2) is 30.3 Å². The van der Waals surface area contributed by atoms with Crippen molar-refractivity contribution in [1.29, 1.82) is 0 Å². The number of hydrogen-bond acceptors (Lipinski definition) is 7. The van der Waals surface area contributed by atoms with Gasteiger partial charge in [0.1, 0.15) is 16.5 Å². The quantitative estimate of drug-likeness (QED) is 0.329. The molecule has 0 atom stereocenters. The summed E-state index contributed by atoms with van der Waals surface area (Å²) in [6.07, 6.45) is 2.18. The summed E-state index contributed by atoms with van der Waals surface area (Å²) in [5.74, 6) is -1.74. The summed E-state index contributed by atoms with van der Waals surface area (Å²) in [6.45, 7) is 2.34. The Hall–Kier alpha value is -4.37. The van der Waals surface area contributed by atoms with Crippen LogP contribution in [0.3, 0.4) is 0 Å². The van der Waals surface area contributed by atoms with E-state index in [1.807, 2.05) is 6.92 Å². The number of carbonyl (C=O) groups excluding carboxylic acids is 4. The molecule has 36 heavy (non-hydrogen) atoms. The zero-order chi connectivity index (χ0) is 25.7. The summed E-state index contributed by atoms with van der Waals surface area (Å²) < 4.78 is 10.3. The average molecular weight is 508 g/mol. The van der Waals surface area contributed by atoms with Crippen LogP contribution in [0.1, 0.15) is 39.8 Å². The van der Waals surface area contributed by atoms with Crippen molar-refractivity contribution >= 4 is 46.7 Å². The summed E-state index contributed by atoms with van der Waals surface area (Å²) >= 11 is 6.22. The number of carbonyl (C=O) groups is 4. The van der Waals surface area contributed by atoms with Gasteiger partial charge in [-0.3, -0.25) is 14.4 Å². The van der Waals surface area contributed by atoms with E-state index in [1.54, 1.807) is 36.4 Å². The molecule has 0 spiro atoms. The number of imide groups is 1. The fourth-order valence-corrected chi connectivity index (χ4v) is 3.67. The van der Waals surface area contributed by atoms with Gasteiger partial charge in [0.15, 0.2) is 0 Å². The van der Waals surface area contributed by atoms with Gasteiger partial charge in [-0.15, -0.1) is 0 Å². The second kappa shape index (κ2) is 10.9. The van der Waals surface area contributed by atoms with E-state index >= 15 is 0 Å². The lowest BCUT2D eigenvalue weighted by atomic mass is 10.1. The van der Waals surface area contributed by atoms with Gasteiger partial charge in [-0.05, 0) is 55.0 Å². The van der Waals surface area contributed by atoms with Crippen molar-refractivity contribution in [3.05, 3.63) is 94.5 Å². The molecule has 1 aliphatic heterocycles. The topological polar surface area (TPSA) is 118 Å². The van der Waals surface area contributed by atoms with Gasteiger partial charge in [-0.2, -0.15) is 0 Å². The molecule has 0 aliphatic carbocycles. The Morgan fingerprint density at radius 3 is 2.53 bits per heavy atom. The number of ether oxygens (including phenoxy) is 1. The number of anilines is 2. The lowest BCUT2D eigenvalue weighted by Crippen LogP contribution is -2.32. The van der Waals surface area contributed by atoms with Gasteiger partial charge in [0.25, 0.3) is 17.7 Å². The minimum Gasteiger partial charge on any atom is -0.467 e. The van der Waals surface area contributed by atoms with E-state index in [0.29, 0.717) is 23.4 Å². The number of hydrogen-bond donors (Lipinski definition) is 2. The van der Waals surface area contributed by atoms with Crippen molar-refractivity contribution in [3.63, 3.8) is 0 Å². The summed E-state index contributed by atoms with van der Waals surface area (Å²) in [5.41, 5.74) is 0.946. The third kappa shape index (κ3) is 5.31. The average Bonchev–Trinajstić information content (AvgIpc) is 3.49. The molecule has 0 unspecified atom stereocenters. The third-order valence-corrected chi connectivity index (χ3v) is 5.55. The van der Waals surface area contributed by atoms with Gasteiger partial charge in [0.2, 0.25) is 0 Å². The van der Waals surface area contributed by atoms with Crippen molar-refractivity contribution in [2.45, 2.75) is 19.9 Å². The summed E-state index contributed by atoms with van der Waals surface area (Å²) in [7, 11) is 0. The van der Waals surface area contributed by atoms with Gasteiger partial charge in [0.05, 0.1) is 30.7 Å². The zero-order valence-corrected chi connectivity index (χ0v) is 20.0. The van der Waals surface area contributed by atoms with Crippen molar-refractivity contribution in [3.8, 4) is 0 Å². The Bertz CT molecular complexity index is 1350. The van der Waals surface area contributed by atoms with E-state index in [-0.39, 0.29) is 41.0 Å². The van der Waals surface area contributed by atoms with Crippen molar-refractivity contribution < 1.29 is 28.3 Å². The molecule has 3 aromatic rings. The predicted molar refractivity (Wildman–Crippen MR) is 132 cm³/mol. The van der Waals surface area contributed by atoms with Crippen molar-refractivity contribution in [1.82, 2.24) is 5.32 Å². The number of nitrogens with one attached hydrogen (secondary N) is 2. The van der Waals surface area contributed by atoms with Crippen molar-refractivity contribution in [2.75, 3.05) is 16.8 Å². The van der Waals surface area contributed by atoms with Crippen LogP contribution in [0.25, 0.3) is 0 Å². The Balaban J connectivity index is 1.49. The van der Waals surface area contributed by atoms with Crippen LogP contribution in [0.15, 0.2) is 82.1 Å². The van der Waals surface area contributed by atoms with Gasteiger partial charge in [0, 0.05) is 11.3 Å². The Labute approximate surface area is 211 Å². The first kappa shape index (κ1) is 24.7. The molecule has 2 N–H and O–H groups in total. The third-order valence-electron chi connectivity index (χ3n) is 5.20. The molecule has 0 saturated heterocycles. The minimum atomic E-state index is -0.740. The second-order valence-corrected chi connectivity index (χ2v) is 8.17. The molecule has 0 fully saturated rings. The van der Waals surface area contributed by atoms with Crippen molar-refractivity contribution in [2.24, 2.45) is 0 Å². The number of esters is 1. The number of halogens is 1. The summed E-state index contributed by atoms with van der Waals surface area (Å²) in [6, 6.07) is 15.8. The monoisotopic (exact) mass is 507 g/mol. The number of nitrogens with zero attached hydrogens (tertiary/aromatic N) is 1. The van der Waals surface area contributed by atoms with E-state index in [4.69, 9.17) is 20.8 Å². The number of benzene rings is 2. The highest BCUT2D eigenvalue weighted by Crippen LogP contribution is 2.31. The highest BCUT2D eigenvalue weighted by molar-refractivity contribution is 6.53. The molecule has 2 heterocycles. The molecular formula is C26H22ClN3O6. The molecule has 4 rings (SSSR count). The molecule has 0 saturated carbocycles. The Kier molecular flexibility index (Phi) is 7.50. The lowest BCUT2D eigenvalue weighted by molar-refractivity contribution is -0.120. The van der Waals surface area contributed by atoms with Gasteiger partial charge >= 0.3 is 5.97 Å². The molecule has 0 radical (unpaired) electrons. The normalized spacial score (nSPS) is 13.2. The maximum absolute atomic E-state index is 13.1. The molecule has 2 aromatic carbocycles. The first-order valence-electron chi connectivity index (χ1n) is 11.1. The number of furan rings is 1. The maximum Gasteiger partial charge on any atom is 0.338 e. The molecule has 10 heteroatoms. The largest absolute Gasteiger partial charge is 0.467 e. The molecule has 3 amide bonds. The second-order valence-electron chi connectivity index (χ2n) is 7.79. The van der Waals surface area contributed by atoms with Crippen LogP contribution >= 0.6 is 11.6 Å². The van der Waals surface area contributed by atoms with E-state index in [9.17, 15) is 19.2 Å². The highest BCUT2D eigenvalue weighted by atomic mass is 35.5. The zero-order valence-electron chi connectivity index (χ0n) is 19.2. The molecule has 1 aliphatic rings. The van der Waals surface area contributed by atoms with E-state index in [0.717, 1.165) is 4.90 Å². The van der Waals surface area contributed by atoms with Crippen LogP contribution in [0.4, 0.5) is 11.4 Å². The first-order valence-corrected chi connectivity index (χ1v) is 11.5. The molecule has 184 valence electrons. The van der Waals surface area contributed by atoms with Crippen LogP contribution in [0, 0.1) is 0 Å². The molecule has 0 bridgehead atoms. The van der Waals surface area contributed by atoms with E-state index in [2.05, 4.69) is 10.6 Å². The van der Waals surface area contributed by atoms with E-state index < -0.39 is 17.8 Å². The number of rotatable bonds is 9. The summed E-state index contributed by atoms with van der Waals surface area (Å²) in [4.78, 5) is 51.6. The minimum absolute atomic E-state index is 0.145. The predicted octanol–water partition coefficient (Wildman–Crippen LogP) is 4.21. The molecule has 9 nitrogen and oxygen atoms in total. The fourth-order valence-electron chi connectivity index (χ4n) is 3.46. The summed E-state index contributed by atoms with van der Waals surface area (Å²) in [5, 5.41) is 5.27. The van der Waals surface area contributed by atoms with Gasteiger partial charge < -0.3 is 19.8 Å². The number of amides is 3. The Morgan fingerprint density at radius 2 is 1.78 bits per heavy atom. The Morgan fingerprint density at radius 1 is 1.00 bits per heavy atom. The SMILES string of the molecule is CCCOC(=O)c1cccc(N2C(=O)C(Cl)=C(Nc3cccc(C(=O)NCc4ccco4)c3)C2=O)c1. The highest BCUT2D eigenvalue weighted by Gasteiger charge is 2.39. The van der Waals surface area contributed by atoms with Crippen LogP contribution < -0.4 is 15.5 Å².